The number of unbranched alkanes of at least 4 members (excludes halogenated alkanes) is 13. The molecular formula is C38H60N2. The fraction of sp³-hybridized carbons (Fsp3) is 0.632. The van der Waals surface area contributed by atoms with Crippen LogP contribution in [0.25, 0.3) is 0 Å². The van der Waals surface area contributed by atoms with Gasteiger partial charge in [0, 0.05) is 37.8 Å². The smallest absolute Gasteiger partial charge is 0.123 e. The Morgan fingerprint density at radius 2 is 1.00 bits per heavy atom. The van der Waals surface area contributed by atoms with Crippen LogP contribution in [0, 0.1) is 0 Å². The predicted molar refractivity (Wildman–Crippen MR) is 176 cm³/mol. The van der Waals surface area contributed by atoms with Crippen LogP contribution >= 0.6 is 0 Å². The van der Waals surface area contributed by atoms with E-state index in [1.165, 1.54) is 107 Å². The van der Waals surface area contributed by atoms with Gasteiger partial charge >= 0.3 is 0 Å². The molecule has 0 fully saturated rings. The third-order valence-electron chi connectivity index (χ3n) is 9.11. The van der Waals surface area contributed by atoms with E-state index < -0.39 is 0 Å². The SMILES string of the molecule is CCCCCCCCCCCCCCCCN1C=CN(CCC)C1(Cc1ccccc1)C(CC)c1ccccc1. The van der Waals surface area contributed by atoms with Crippen molar-refractivity contribution in [1.29, 1.82) is 0 Å². The lowest BCUT2D eigenvalue weighted by Gasteiger charge is -2.51. The van der Waals surface area contributed by atoms with Gasteiger partial charge in [-0.3, -0.25) is 0 Å². The quantitative estimate of drug-likeness (QED) is 0.136. The number of hydrogen-bond donors (Lipinski definition) is 0. The summed E-state index contributed by atoms with van der Waals surface area (Å²) in [6.07, 6.45) is 27.9. The highest BCUT2D eigenvalue weighted by molar-refractivity contribution is 5.30. The summed E-state index contributed by atoms with van der Waals surface area (Å²) in [5.74, 6) is 0.446. The third kappa shape index (κ3) is 9.71. The van der Waals surface area contributed by atoms with Crippen LogP contribution in [0.5, 0.6) is 0 Å². The molecule has 2 atom stereocenters. The highest BCUT2D eigenvalue weighted by Crippen LogP contribution is 2.45. The zero-order valence-electron chi connectivity index (χ0n) is 26.3. The van der Waals surface area contributed by atoms with Crippen molar-refractivity contribution < 1.29 is 0 Å². The molecular weight excluding hydrogens is 484 g/mol. The average molecular weight is 545 g/mol. The van der Waals surface area contributed by atoms with E-state index in [-0.39, 0.29) is 5.66 Å². The van der Waals surface area contributed by atoms with Gasteiger partial charge in [0.05, 0.1) is 0 Å². The maximum Gasteiger partial charge on any atom is 0.123 e. The second-order valence-corrected chi connectivity index (χ2v) is 12.2. The maximum atomic E-state index is 2.73. The third-order valence-corrected chi connectivity index (χ3v) is 9.11. The lowest BCUT2D eigenvalue weighted by molar-refractivity contribution is -0.00287. The first-order chi connectivity index (χ1) is 19.8. The molecule has 2 heteroatoms. The van der Waals surface area contributed by atoms with E-state index in [2.05, 4.69) is 104 Å². The summed E-state index contributed by atoms with van der Waals surface area (Å²) in [6.45, 7) is 9.25. The van der Waals surface area contributed by atoms with E-state index in [9.17, 15) is 0 Å². The van der Waals surface area contributed by atoms with Crippen molar-refractivity contribution in [2.75, 3.05) is 13.1 Å². The van der Waals surface area contributed by atoms with Gasteiger partial charge in [-0.25, -0.2) is 0 Å². The van der Waals surface area contributed by atoms with Crippen LogP contribution in [0.2, 0.25) is 0 Å². The van der Waals surface area contributed by atoms with Gasteiger partial charge in [0.2, 0.25) is 0 Å². The molecule has 1 aliphatic rings. The van der Waals surface area contributed by atoms with Crippen LogP contribution in [-0.4, -0.2) is 28.6 Å². The molecule has 1 aliphatic heterocycles. The van der Waals surface area contributed by atoms with Crippen molar-refractivity contribution in [2.24, 2.45) is 0 Å². The average Bonchev–Trinajstić information content (AvgIpc) is 3.31. The van der Waals surface area contributed by atoms with Gasteiger partial charge in [0.25, 0.3) is 0 Å². The molecule has 0 amide bonds. The zero-order chi connectivity index (χ0) is 28.3. The van der Waals surface area contributed by atoms with Gasteiger partial charge in [0.1, 0.15) is 5.66 Å². The molecule has 40 heavy (non-hydrogen) atoms. The van der Waals surface area contributed by atoms with Gasteiger partial charge < -0.3 is 9.80 Å². The minimum Gasteiger partial charge on any atom is -0.353 e. The van der Waals surface area contributed by atoms with Gasteiger partial charge in [-0.1, -0.05) is 165 Å². The first-order valence-corrected chi connectivity index (χ1v) is 17.1. The van der Waals surface area contributed by atoms with Crippen molar-refractivity contribution in [2.45, 2.75) is 142 Å². The largest absolute Gasteiger partial charge is 0.353 e. The maximum absolute atomic E-state index is 2.73. The minimum atomic E-state index is -0.0516. The Kier molecular flexibility index (Phi) is 15.3. The molecule has 2 aromatic carbocycles. The summed E-state index contributed by atoms with van der Waals surface area (Å²) < 4.78 is 0. The molecule has 0 saturated heterocycles. The number of rotatable bonds is 22. The topological polar surface area (TPSA) is 6.48 Å². The number of hydrogen-bond acceptors (Lipinski definition) is 2. The Morgan fingerprint density at radius 3 is 1.50 bits per heavy atom. The van der Waals surface area contributed by atoms with Gasteiger partial charge in [-0.15, -0.1) is 0 Å². The fourth-order valence-electron chi connectivity index (χ4n) is 6.98. The lowest BCUT2D eigenvalue weighted by atomic mass is 9.78. The molecule has 3 rings (SSSR count). The second kappa shape index (κ2) is 19.0. The summed E-state index contributed by atoms with van der Waals surface area (Å²) in [4.78, 5) is 5.42. The Hall–Kier alpha value is -2.22. The molecule has 0 aromatic heterocycles. The Morgan fingerprint density at radius 1 is 0.525 bits per heavy atom. The number of benzene rings is 2. The van der Waals surface area contributed by atoms with Gasteiger partial charge in [-0.05, 0) is 30.4 Å². The van der Waals surface area contributed by atoms with Crippen LogP contribution in [-0.2, 0) is 6.42 Å². The molecule has 0 bridgehead atoms. The lowest BCUT2D eigenvalue weighted by Crippen LogP contribution is -2.59. The van der Waals surface area contributed by atoms with E-state index in [4.69, 9.17) is 0 Å². The molecule has 222 valence electrons. The van der Waals surface area contributed by atoms with E-state index in [1.807, 2.05) is 0 Å². The number of nitrogens with zero attached hydrogens (tertiary/aromatic N) is 2. The van der Waals surface area contributed by atoms with E-state index in [0.717, 1.165) is 25.9 Å². The van der Waals surface area contributed by atoms with Crippen molar-refractivity contribution in [1.82, 2.24) is 9.80 Å². The van der Waals surface area contributed by atoms with Crippen LogP contribution in [0.4, 0.5) is 0 Å². The summed E-state index contributed by atoms with van der Waals surface area (Å²) in [6, 6.07) is 22.5. The molecule has 0 aliphatic carbocycles. The van der Waals surface area contributed by atoms with Crippen molar-refractivity contribution >= 4 is 0 Å². The summed E-state index contributed by atoms with van der Waals surface area (Å²) in [7, 11) is 0. The Labute approximate surface area is 248 Å². The van der Waals surface area contributed by atoms with Crippen molar-refractivity contribution in [3.05, 3.63) is 84.2 Å². The van der Waals surface area contributed by atoms with E-state index in [0.29, 0.717) is 5.92 Å². The van der Waals surface area contributed by atoms with Crippen molar-refractivity contribution in [3.8, 4) is 0 Å². The monoisotopic (exact) mass is 544 g/mol. The van der Waals surface area contributed by atoms with Crippen LogP contribution < -0.4 is 0 Å². The van der Waals surface area contributed by atoms with Gasteiger partial charge in [0.15, 0.2) is 0 Å². The predicted octanol–water partition coefficient (Wildman–Crippen LogP) is 11.1. The molecule has 0 saturated carbocycles. The fourth-order valence-corrected chi connectivity index (χ4v) is 6.98. The molecule has 2 nitrogen and oxygen atoms in total. The molecule has 2 unspecified atom stereocenters. The summed E-state index contributed by atoms with van der Waals surface area (Å²) >= 11 is 0. The minimum absolute atomic E-state index is 0.0516. The first kappa shape index (κ1) is 32.3. The second-order valence-electron chi connectivity index (χ2n) is 12.2. The molecule has 1 heterocycles. The Balaban J connectivity index is 1.54. The molecule has 0 spiro atoms. The normalized spacial score (nSPS) is 17.6. The zero-order valence-corrected chi connectivity index (χ0v) is 26.3. The highest BCUT2D eigenvalue weighted by atomic mass is 15.4. The van der Waals surface area contributed by atoms with Crippen LogP contribution in [0.1, 0.15) is 141 Å². The summed E-state index contributed by atoms with van der Waals surface area (Å²) in [5.41, 5.74) is 2.86. The van der Waals surface area contributed by atoms with Crippen molar-refractivity contribution in [3.63, 3.8) is 0 Å². The van der Waals surface area contributed by atoms with Gasteiger partial charge in [-0.2, -0.15) is 0 Å². The van der Waals surface area contributed by atoms with Crippen LogP contribution in [0.15, 0.2) is 73.1 Å². The Bertz CT molecular complexity index is 908. The highest BCUT2D eigenvalue weighted by Gasteiger charge is 2.48. The molecule has 0 radical (unpaired) electrons. The van der Waals surface area contributed by atoms with E-state index in [1.54, 1.807) is 0 Å². The molecule has 0 N–H and O–H groups in total. The van der Waals surface area contributed by atoms with Crippen LogP contribution in [0.3, 0.4) is 0 Å². The van der Waals surface area contributed by atoms with E-state index >= 15 is 0 Å². The first-order valence-electron chi connectivity index (χ1n) is 17.1. The molecule has 2 aromatic rings. The summed E-state index contributed by atoms with van der Waals surface area (Å²) in [5, 5.41) is 0. The standard InChI is InChI=1S/C38H60N2/c1-4-7-8-9-10-11-12-13-14-15-16-17-18-25-31-40-33-32-39(30-5-2)38(40,34-35-26-21-19-22-27-35)37(6-3)36-28-23-20-24-29-36/h19-24,26-29,32-33,37H,4-18,25,30-31,34H2,1-3H3.